The number of carbonyl (C=O) groups is 2. The molecule has 2 heterocycles. The summed E-state index contributed by atoms with van der Waals surface area (Å²) in [6.45, 7) is 0.934. The molecule has 0 aromatic rings. The van der Waals surface area contributed by atoms with Crippen molar-refractivity contribution in [3.63, 3.8) is 0 Å². The van der Waals surface area contributed by atoms with Crippen LogP contribution in [-0.4, -0.2) is 148 Å². The Hall–Kier alpha value is -0.580. The van der Waals surface area contributed by atoms with Crippen molar-refractivity contribution in [2.75, 3.05) is 67.3 Å². The van der Waals surface area contributed by atoms with Crippen LogP contribution in [-0.2, 0) is 57.2 Å². The Morgan fingerprint density at radius 3 is 2.11 bits per heavy atom. The molecule has 21 heteroatoms. The van der Waals surface area contributed by atoms with Crippen LogP contribution in [0.2, 0.25) is 0 Å². The van der Waals surface area contributed by atoms with Crippen molar-refractivity contribution in [1.82, 2.24) is 4.72 Å². The maximum atomic E-state index is 12.1. The predicted molar refractivity (Wildman–Crippen MR) is 226 cm³/mol. The Balaban J connectivity index is 0.0000192. The van der Waals surface area contributed by atoms with Gasteiger partial charge in [0.2, 0.25) is 0 Å². The molecule has 2 aliphatic rings. The molecule has 7 atom stereocenters. The van der Waals surface area contributed by atoms with Crippen LogP contribution in [0.15, 0.2) is 12.2 Å². The van der Waals surface area contributed by atoms with Crippen LogP contribution in [0.1, 0.15) is 135 Å². The first-order valence-electron chi connectivity index (χ1n) is 22.2. The number of nitrogens with zero attached hydrogens (tertiary/aromatic N) is 1. The summed E-state index contributed by atoms with van der Waals surface area (Å²) in [5, 5.41) is 19.1. The maximum absolute atomic E-state index is 12.1. The number of nitrogens with one attached hydrogen (secondary N) is 1. The van der Waals surface area contributed by atoms with Crippen LogP contribution in [0.3, 0.4) is 0 Å². The van der Waals surface area contributed by atoms with Crippen LogP contribution < -0.4 is 34.3 Å². The van der Waals surface area contributed by atoms with Gasteiger partial charge in [0.05, 0.1) is 53.1 Å². The van der Waals surface area contributed by atoms with Crippen molar-refractivity contribution in [3.05, 3.63) is 12.2 Å². The quantitative estimate of drug-likeness (QED) is 0.0132. The molecule has 0 spiro atoms. The number of unbranched alkanes of at least 4 members (excludes halogenated alkanes) is 14. The number of aliphatic hydroxyl groups is 2. The van der Waals surface area contributed by atoms with Gasteiger partial charge in [-0.15, -0.1) is 0 Å². The topological polar surface area (TPSA) is 246 Å². The molecule has 2 rings (SSSR count). The maximum Gasteiger partial charge on any atom is 1.00 e. The third kappa shape index (κ3) is 29.1. The molecule has 0 aromatic heterocycles. The van der Waals surface area contributed by atoms with Gasteiger partial charge in [0.15, 0.2) is 16.1 Å². The molecule has 0 saturated carbocycles. The number of phosphoric acid groups is 1. The number of aliphatic hydroxyl groups excluding tert-OH is 2. The van der Waals surface area contributed by atoms with Crippen molar-refractivity contribution >= 4 is 30.1 Å². The Bertz CT molecular complexity index is 1420. The van der Waals surface area contributed by atoms with Crippen LogP contribution in [0.5, 0.6) is 0 Å². The van der Waals surface area contributed by atoms with Crippen LogP contribution in [0.25, 0.3) is 0 Å². The zero-order valence-electron chi connectivity index (χ0n) is 38.1. The number of carbonyl (C=O) groups excluding carboxylic acids is 2. The van der Waals surface area contributed by atoms with Crippen LogP contribution in [0, 0.1) is 0 Å². The molecule has 2 fully saturated rings. The summed E-state index contributed by atoms with van der Waals surface area (Å²) in [5.74, 6) is -1.58. The van der Waals surface area contributed by atoms with E-state index in [1.54, 1.807) is 10.8 Å². The van der Waals surface area contributed by atoms with E-state index in [-0.39, 0.29) is 67.1 Å². The van der Waals surface area contributed by atoms with E-state index in [1.807, 2.05) is 21.1 Å². The molecule has 0 amide bonds. The van der Waals surface area contributed by atoms with Gasteiger partial charge in [0.25, 0.3) is 0 Å². The first kappa shape index (κ1) is 59.4. The molecule has 0 radical (unpaired) electrons. The monoisotopic (exact) mass is 939 g/mol. The third-order valence-electron chi connectivity index (χ3n) is 10.5. The number of fused-ring (bicyclic) bond motifs is 2. The van der Waals surface area contributed by atoms with E-state index in [1.165, 1.54) is 45.1 Å². The largest absolute Gasteiger partial charge is 1.00 e. The van der Waals surface area contributed by atoms with E-state index in [4.69, 9.17) is 37.8 Å². The average molecular weight is 940 g/mol. The summed E-state index contributed by atoms with van der Waals surface area (Å²) in [5.41, 5.74) is 0. The minimum Gasteiger partial charge on any atom is -0.735 e. The number of rotatable bonds is 37. The number of ether oxygens (including phenoxy) is 5. The summed E-state index contributed by atoms with van der Waals surface area (Å²) in [6.07, 6.45) is 20.7. The van der Waals surface area contributed by atoms with E-state index in [2.05, 4.69) is 0 Å². The van der Waals surface area contributed by atoms with Gasteiger partial charge in [-0.3, -0.25) is 13.8 Å². The fourth-order valence-corrected chi connectivity index (χ4v) is 8.56. The van der Waals surface area contributed by atoms with E-state index >= 15 is 0 Å². The standard InChI is InChI=1S/C41H77N2O16PS.Na/c1-34(45)57-37-24-26-41(25-20-16-11-9-7-5-6-8-10-12-17-21-28-53-31-35(30-44)42-61(50,51)52)58-38(40(37)59-41)22-18-14-13-15-19-23-39(47)54-32-36(46)33-56-60(48,49)55-29-27-43(2,3)4;/h19,23,35-38,40,42,44,46H,5-18,20-22,24-33H2,1-4H3,(H-,48,49,50,51,52);/q;+1/b23-19+;/t35?,36?,37-,38-,40+,41+;/m1./s1. The zero-order valence-corrected chi connectivity index (χ0v) is 41.8. The second-order valence-corrected chi connectivity index (χ2v) is 19.9. The first-order valence-corrected chi connectivity index (χ1v) is 25.1. The van der Waals surface area contributed by atoms with Crippen LogP contribution in [0.4, 0.5) is 0 Å². The number of hydrogen-bond acceptors (Lipinski definition) is 15. The minimum atomic E-state index is -4.62. The van der Waals surface area contributed by atoms with E-state index < -0.39 is 61.8 Å². The molecule has 2 aliphatic heterocycles. The van der Waals surface area contributed by atoms with Gasteiger partial charge < -0.3 is 47.8 Å². The third-order valence-corrected chi connectivity index (χ3v) is 12.1. The predicted octanol–water partition coefficient (Wildman–Crippen LogP) is 1.95. The molecule has 0 aliphatic carbocycles. The molecule has 18 nitrogen and oxygen atoms in total. The molecule has 62 heavy (non-hydrogen) atoms. The van der Waals surface area contributed by atoms with Crippen molar-refractivity contribution in [3.8, 4) is 0 Å². The number of esters is 2. The summed E-state index contributed by atoms with van der Waals surface area (Å²) in [7, 11) is -3.22. The Morgan fingerprint density at radius 1 is 0.903 bits per heavy atom. The van der Waals surface area contributed by atoms with Gasteiger partial charge in [0, 0.05) is 32.4 Å². The van der Waals surface area contributed by atoms with Gasteiger partial charge in [0.1, 0.15) is 38.1 Å². The van der Waals surface area contributed by atoms with Gasteiger partial charge in [-0.2, -0.15) is 0 Å². The van der Waals surface area contributed by atoms with Crippen molar-refractivity contribution in [1.29, 1.82) is 0 Å². The average Bonchev–Trinajstić information content (AvgIpc) is 3.47. The number of allylic oxidation sites excluding steroid dienone is 1. The Labute approximate surface area is 392 Å². The summed E-state index contributed by atoms with van der Waals surface area (Å²) in [6, 6.07) is -0.915. The van der Waals surface area contributed by atoms with Gasteiger partial charge in [-0.25, -0.2) is 22.5 Å². The summed E-state index contributed by atoms with van der Waals surface area (Å²) < 4.78 is 85.3. The molecule has 2 bridgehead atoms. The normalized spacial score (nSPS) is 22.2. The van der Waals surface area contributed by atoms with E-state index in [9.17, 15) is 37.1 Å². The van der Waals surface area contributed by atoms with Crippen molar-refractivity contribution in [2.45, 2.75) is 172 Å². The second kappa shape index (κ2) is 32.2. The van der Waals surface area contributed by atoms with Crippen LogP contribution >= 0.6 is 7.82 Å². The molecule has 4 N–H and O–H groups in total. The number of phosphoric ester groups is 1. The molecule has 0 aromatic carbocycles. The number of quaternary nitrogens is 1. The summed E-state index contributed by atoms with van der Waals surface area (Å²) in [4.78, 5) is 33.7. The molecular weight excluding hydrogens is 862 g/mol. The molecular formula is C41H77N2NaO16PS+. The van der Waals surface area contributed by atoms with E-state index in [0.29, 0.717) is 36.9 Å². The molecule has 3 unspecified atom stereocenters. The second-order valence-electron chi connectivity index (χ2n) is 17.3. The van der Waals surface area contributed by atoms with Gasteiger partial charge >= 0.3 is 49.3 Å². The first-order chi connectivity index (χ1) is 28.8. The Kier molecular flexibility index (Phi) is 30.8. The zero-order chi connectivity index (χ0) is 45.2. The molecule has 358 valence electrons. The fourth-order valence-electron chi connectivity index (χ4n) is 7.27. The SMILES string of the molecule is CC(=O)O[C@@H]1CC[C@]2(CCCCCCCCCCCCCCOCC(CO)NS(=O)(=O)[O-])O[C@@H]1[C@@H](CCCCC/C=C/C(=O)OCC(O)COP(=O)(O)OCC[N+](C)(C)C)O2.[Na+]. The minimum absolute atomic E-state index is 0. The van der Waals surface area contributed by atoms with Gasteiger partial charge in [-0.05, 0) is 38.5 Å². The summed E-state index contributed by atoms with van der Waals surface area (Å²) >= 11 is 0. The van der Waals surface area contributed by atoms with Gasteiger partial charge in [-0.1, -0.05) is 83.1 Å². The van der Waals surface area contributed by atoms with Crippen molar-refractivity contribution < 1.29 is 109 Å². The molecule has 2 saturated heterocycles. The Morgan fingerprint density at radius 2 is 1.52 bits per heavy atom. The van der Waals surface area contributed by atoms with Crippen molar-refractivity contribution in [2.24, 2.45) is 0 Å². The van der Waals surface area contributed by atoms with E-state index in [0.717, 1.165) is 77.0 Å². The number of likely N-dealkylation sites (N-methyl/N-ethyl adjacent to an activating group) is 1. The number of hydrogen-bond donors (Lipinski definition) is 4. The smallest absolute Gasteiger partial charge is 0.735 e. The fraction of sp³-hybridized carbons (Fsp3) is 0.902.